The van der Waals surface area contributed by atoms with Gasteiger partial charge >= 0.3 is 0 Å². The van der Waals surface area contributed by atoms with E-state index in [-0.39, 0.29) is 5.41 Å². The van der Waals surface area contributed by atoms with Crippen LogP contribution >= 0.6 is 0 Å². The summed E-state index contributed by atoms with van der Waals surface area (Å²) in [6, 6.07) is 6.70. The van der Waals surface area contributed by atoms with Crippen LogP contribution in [0, 0.1) is 0 Å². The van der Waals surface area contributed by atoms with Crippen molar-refractivity contribution in [1.82, 2.24) is 14.7 Å². The Bertz CT molecular complexity index is 606. The quantitative estimate of drug-likeness (QED) is 0.869. The van der Waals surface area contributed by atoms with Gasteiger partial charge in [-0.1, -0.05) is 32.9 Å². The molecule has 1 fully saturated rings. The number of morpholine rings is 1. The van der Waals surface area contributed by atoms with Gasteiger partial charge in [0.25, 0.3) is 0 Å². The van der Waals surface area contributed by atoms with Gasteiger partial charge in [-0.15, -0.1) is 0 Å². The van der Waals surface area contributed by atoms with Crippen LogP contribution in [0.25, 0.3) is 10.9 Å². The van der Waals surface area contributed by atoms with Crippen molar-refractivity contribution in [1.29, 1.82) is 0 Å². The molecule has 0 amide bonds. The number of aromatic nitrogens is 2. The van der Waals surface area contributed by atoms with Crippen LogP contribution in [0.1, 0.15) is 26.3 Å². The molecule has 1 aromatic heterocycles. The monoisotopic (exact) mass is 287 g/mol. The fourth-order valence-electron chi connectivity index (χ4n) is 2.78. The Balaban J connectivity index is 1.78. The Kier molecular flexibility index (Phi) is 4.00. The molecule has 1 aliphatic rings. The van der Waals surface area contributed by atoms with Gasteiger partial charge < -0.3 is 4.74 Å². The molecule has 1 saturated heterocycles. The Morgan fingerprint density at radius 3 is 2.62 bits per heavy atom. The molecular formula is C17H25N3O. The Morgan fingerprint density at radius 1 is 1.14 bits per heavy atom. The molecule has 0 radical (unpaired) electrons. The summed E-state index contributed by atoms with van der Waals surface area (Å²) in [5.74, 6) is 0. The summed E-state index contributed by atoms with van der Waals surface area (Å²) < 4.78 is 7.53. The lowest BCUT2D eigenvalue weighted by Crippen LogP contribution is -2.38. The summed E-state index contributed by atoms with van der Waals surface area (Å²) in [7, 11) is 0. The minimum atomic E-state index is 0.174. The second kappa shape index (κ2) is 5.78. The first kappa shape index (κ1) is 14.5. The highest BCUT2D eigenvalue weighted by atomic mass is 16.5. The topological polar surface area (TPSA) is 30.3 Å². The number of ether oxygens (including phenoxy) is 1. The lowest BCUT2D eigenvalue weighted by atomic mass is 9.87. The molecule has 4 heteroatoms. The maximum Gasteiger partial charge on any atom is 0.0685 e. The van der Waals surface area contributed by atoms with E-state index in [4.69, 9.17) is 4.74 Å². The van der Waals surface area contributed by atoms with E-state index in [0.717, 1.165) is 39.4 Å². The van der Waals surface area contributed by atoms with Gasteiger partial charge in [-0.05, 0) is 17.0 Å². The zero-order valence-corrected chi connectivity index (χ0v) is 13.3. The average molecular weight is 287 g/mol. The van der Waals surface area contributed by atoms with Gasteiger partial charge in [-0.3, -0.25) is 9.58 Å². The first-order chi connectivity index (χ1) is 10.0. The number of hydrogen-bond acceptors (Lipinski definition) is 3. The molecule has 2 heterocycles. The molecule has 4 nitrogen and oxygen atoms in total. The van der Waals surface area contributed by atoms with Crippen molar-refractivity contribution < 1.29 is 4.74 Å². The van der Waals surface area contributed by atoms with E-state index in [2.05, 4.69) is 53.7 Å². The van der Waals surface area contributed by atoms with Gasteiger partial charge in [0.15, 0.2) is 0 Å². The lowest BCUT2D eigenvalue weighted by Gasteiger charge is -2.26. The van der Waals surface area contributed by atoms with E-state index >= 15 is 0 Å². The predicted molar refractivity (Wildman–Crippen MR) is 85.7 cm³/mol. The van der Waals surface area contributed by atoms with Gasteiger partial charge in [0, 0.05) is 25.0 Å². The molecule has 114 valence electrons. The van der Waals surface area contributed by atoms with Gasteiger partial charge in [0.05, 0.1) is 31.5 Å². The third kappa shape index (κ3) is 3.27. The largest absolute Gasteiger partial charge is 0.379 e. The van der Waals surface area contributed by atoms with Crippen LogP contribution in [0.3, 0.4) is 0 Å². The molecule has 1 aromatic carbocycles. The first-order valence-electron chi connectivity index (χ1n) is 7.80. The van der Waals surface area contributed by atoms with Crippen LogP contribution in [0.15, 0.2) is 24.4 Å². The highest BCUT2D eigenvalue weighted by Crippen LogP contribution is 2.26. The maximum absolute atomic E-state index is 5.40. The number of nitrogens with zero attached hydrogens (tertiary/aromatic N) is 3. The predicted octanol–water partition coefficient (Wildman–Crippen LogP) is 2.67. The minimum absolute atomic E-state index is 0.174. The minimum Gasteiger partial charge on any atom is -0.379 e. The second-order valence-corrected chi connectivity index (χ2v) is 6.85. The number of rotatable bonds is 3. The smallest absolute Gasteiger partial charge is 0.0685 e. The van der Waals surface area contributed by atoms with Crippen molar-refractivity contribution in [3.8, 4) is 0 Å². The normalized spacial score (nSPS) is 17.5. The molecule has 0 saturated carbocycles. The maximum atomic E-state index is 5.40. The fourth-order valence-corrected chi connectivity index (χ4v) is 2.78. The van der Waals surface area contributed by atoms with Gasteiger partial charge in [0.1, 0.15) is 0 Å². The third-order valence-corrected chi connectivity index (χ3v) is 4.24. The van der Waals surface area contributed by atoms with Gasteiger partial charge in [-0.2, -0.15) is 5.10 Å². The molecule has 0 atom stereocenters. The van der Waals surface area contributed by atoms with Crippen LogP contribution < -0.4 is 0 Å². The van der Waals surface area contributed by atoms with Crippen LogP contribution in [0.2, 0.25) is 0 Å². The first-order valence-corrected chi connectivity index (χ1v) is 7.80. The standard InChI is InChI=1S/C17H25N3O/c1-17(2,3)15-5-4-14-13-18-20(16(14)12-15)7-6-19-8-10-21-11-9-19/h4-5,12-13H,6-11H2,1-3H3. The van der Waals surface area contributed by atoms with E-state index in [1.54, 1.807) is 0 Å². The van der Waals surface area contributed by atoms with Crippen LogP contribution in [-0.4, -0.2) is 47.5 Å². The van der Waals surface area contributed by atoms with Crippen molar-refractivity contribution in [2.75, 3.05) is 32.8 Å². The second-order valence-electron chi connectivity index (χ2n) is 6.85. The molecule has 0 N–H and O–H groups in total. The molecule has 21 heavy (non-hydrogen) atoms. The van der Waals surface area contributed by atoms with E-state index < -0.39 is 0 Å². The zero-order chi connectivity index (χ0) is 14.9. The number of fused-ring (bicyclic) bond motifs is 1. The van der Waals surface area contributed by atoms with Crippen LogP contribution in [-0.2, 0) is 16.7 Å². The van der Waals surface area contributed by atoms with Gasteiger partial charge in [0.2, 0.25) is 0 Å². The van der Waals surface area contributed by atoms with Crippen molar-refractivity contribution >= 4 is 10.9 Å². The fraction of sp³-hybridized carbons (Fsp3) is 0.588. The lowest BCUT2D eigenvalue weighted by molar-refractivity contribution is 0.0361. The van der Waals surface area contributed by atoms with Crippen LogP contribution in [0.4, 0.5) is 0 Å². The number of benzene rings is 1. The molecule has 2 aromatic rings. The zero-order valence-electron chi connectivity index (χ0n) is 13.3. The Labute approximate surface area is 126 Å². The third-order valence-electron chi connectivity index (χ3n) is 4.24. The molecule has 0 aliphatic carbocycles. The summed E-state index contributed by atoms with van der Waals surface area (Å²) >= 11 is 0. The SMILES string of the molecule is CC(C)(C)c1ccc2cnn(CCN3CCOCC3)c2c1. The molecule has 1 aliphatic heterocycles. The van der Waals surface area contributed by atoms with Gasteiger partial charge in [-0.25, -0.2) is 0 Å². The van der Waals surface area contributed by atoms with Crippen molar-refractivity contribution in [2.45, 2.75) is 32.7 Å². The van der Waals surface area contributed by atoms with E-state index in [0.29, 0.717) is 0 Å². The Hall–Kier alpha value is -1.39. The summed E-state index contributed by atoms with van der Waals surface area (Å²) in [6.07, 6.45) is 1.97. The molecule has 3 rings (SSSR count). The van der Waals surface area contributed by atoms with Crippen molar-refractivity contribution in [3.63, 3.8) is 0 Å². The average Bonchev–Trinajstić information content (AvgIpc) is 2.87. The molecule has 0 bridgehead atoms. The molecule has 0 unspecified atom stereocenters. The molecule has 0 spiro atoms. The number of hydrogen-bond donors (Lipinski definition) is 0. The molecular weight excluding hydrogens is 262 g/mol. The summed E-state index contributed by atoms with van der Waals surface area (Å²) in [5, 5.41) is 5.79. The highest BCUT2D eigenvalue weighted by Gasteiger charge is 2.16. The van der Waals surface area contributed by atoms with E-state index in [9.17, 15) is 0 Å². The van der Waals surface area contributed by atoms with E-state index in [1.807, 2.05) is 6.20 Å². The Morgan fingerprint density at radius 2 is 1.90 bits per heavy atom. The van der Waals surface area contributed by atoms with Crippen LogP contribution in [0.5, 0.6) is 0 Å². The van der Waals surface area contributed by atoms with E-state index in [1.165, 1.54) is 16.5 Å². The van der Waals surface area contributed by atoms with Crippen molar-refractivity contribution in [3.05, 3.63) is 30.0 Å². The summed E-state index contributed by atoms with van der Waals surface area (Å²) in [4.78, 5) is 2.45. The van der Waals surface area contributed by atoms with Crippen molar-refractivity contribution in [2.24, 2.45) is 0 Å². The summed E-state index contributed by atoms with van der Waals surface area (Å²) in [6.45, 7) is 12.5. The summed E-state index contributed by atoms with van der Waals surface area (Å²) in [5.41, 5.74) is 2.78. The highest BCUT2D eigenvalue weighted by molar-refractivity contribution is 5.79.